The van der Waals surface area contributed by atoms with Crippen LogP contribution in [0.25, 0.3) is 10.4 Å². The lowest BCUT2D eigenvalue weighted by Crippen LogP contribution is -2.52. The van der Waals surface area contributed by atoms with Crippen molar-refractivity contribution in [1.82, 2.24) is 5.32 Å². The molecule has 0 saturated heterocycles. The second-order valence-electron chi connectivity index (χ2n) is 9.58. The average Bonchev–Trinajstić information content (AvgIpc) is 2.90. The van der Waals surface area contributed by atoms with Gasteiger partial charge in [0, 0.05) is 22.1 Å². The zero-order valence-corrected chi connectivity index (χ0v) is 19.3. The fourth-order valence-electron chi connectivity index (χ4n) is 5.23. The molecule has 0 aromatic heterocycles. The summed E-state index contributed by atoms with van der Waals surface area (Å²) >= 11 is 0. The number of benzene rings is 2. The van der Waals surface area contributed by atoms with E-state index in [-0.39, 0.29) is 29.8 Å². The van der Waals surface area contributed by atoms with Crippen molar-refractivity contribution in [3.8, 4) is 0 Å². The Hall–Kier alpha value is -3.31. The zero-order valence-electron chi connectivity index (χ0n) is 19.3. The van der Waals surface area contributed by atoms with Gasteiger partial charge in [-0.2, -0.15) is 0 Å². The number of azide groups is 1. The van der Waals surface area contributed by atoms with E-state index in [1.165, 1.54) is 11.3 Å². The number of carbonyl (C=O) groups is 2. The van der Waals surface area contributed by atoms with Gasteiger partial charge in [-0.15, -0.1) is 0 Å². The second-order valence-corrected chi connectivity index (χ2v) is 9.58. The number of nitrogens with one attached hydrogen (secondary N) is 1. The Balaban J connectivity index is 1.72. The molecule has 1 saturated carbocycles. The van der Waals surface area contributed by atoms with Crippen LogP contribution < -0.4 is 10.2 Å². The number of carbonyl (C=O) groups excluding carboxylic acids is 2. The number of fused-ring (bicyclic) bond motifs is 1. The van der Waals surface area contributed by atoms with Crippen LogP contribution in [0.1, 0.15) is 68.1 Å². The Morgan fingerprint density at radius 3 is 2.61 bits per heavy atom. The van der Waals surface area contributed by atoms with Crippen LogP contribution in [-0.2, 0) is 9.59 Å². The fraction of sp³-hybridized carbons (Fsp3) is 0.462. The van der Waals surface area contributed by atoms with Gasteiger partial charge >= 0.3 is 0 Å². The summed E-state index contributed by atoms with van der Waals surface area (Å²) in [7, 11) is 0. The van der Waals surface area contributed by atoms with Crippen LogP contribution in [0.4, 0.5) is 5.69 Å². The van der Waals surface area contributed by atoms with E-state index in [0.29, 0.717) is 12.1 Å². The highest BCUT2D eigenvalue weighted by molar-refractivity contribution is 6.03. The van der Waals surface area contributed by atoms with Crippen LogP contribution in [0.5, 0.6) is 0 Å². The monoisotopic (exact) mass is 445 g/mol. The first-order chi connectivity index (χ1) is 15.9. The van der Waals surface area contributed by atoms with E-state index in [1.54, 1.807) is 0 Å². The summed E-state index contributed by atoms with van der Waals surface area (Å²) in [4.78, 5) is 31.2. The van der Waals surface area contributed by atoms with Crippen molar-refractivity contribution in [3.05, 3.63) is 75.7 Å². The summed E-state index contributed by atoms with van der Waals surface area (Å²) in [5, 5.41) is 7.03. The van der Waals surface area contributed by atoms with Gasteiger partial charge in [0.25, 0.3) is 0 Å². The molecule has 2 aromatic carbocycles. The molecule has 0 bridgehead atoms. The highest BCUT2D eigenvalue weighted by Crippen LogP contribution is 2.40. The first kappa shape index (κ1) is 22.9. The van der Waals surface area contributed by atoms with Gasteiger partial charge < -0.3 is 10.2 Å². The summed E-state index contributed by atoms with van der Waals surface area (Å²) in [6.07, 6.45) is 5.63. The molecule has 7 nitrogen and oxygen atoms in total. The van der Waals surface area contributed by atoms with Crippen molar-refractivity contribution in [2.24, 2.45) is 5.11 Å². The van der Waals surface area contributed by atoms with Gasteiger partial charge in [-0.1, -0.05) is 66.8 Å². The highest BCUT2D eigenvalue weighted by Gasteiger charge is 2.37. The predicted octanol–water partition coefficient (Wildman–Crippen LogP) is 5.38. The molecular weight excluding hydrogens is 414 g/mol. The number of hydrogen-bond acceptors (Lipinski definition) is 3. The lowest BCUT2D eigenvalue weighted by Gasteiger charge is -2.35. The topological polar surface area (TPSA) is 98.2 Å². The minimum Gasteiger partial charge on any atom is -0.349 e. The minimum absolute atomic E-state index is 0.0934. The van der Waals surface area contributed by atoms with Crippen LogP contribution in [0, 0.1) is 6.92 Å². The van der Waals surface area contributed by atoms with Gasteiger partial charge in [0.05, 0.1) is 0 Å². The molecule has 2 aliphatic rings. The van der Waals surface area contributed by atoms with Gasteiger partial charge in [-0.25, -0.2) is 0 Å². The van der Waals surface area contributed by atoms with E-state index in [1.807, 2.05) is 55.5 Å². The van der Waals surface area contributed by atoms with Crippen LogP contribution in [-0.4, -0.2) is 29.9 Å². The number of rotatable bonds is 5. The molecule has 0 spiro atoms. The smallest absolute Gasteiger partial charge is 0.240 e. The summed E-state index contributed by atoms with van der Waals surface area (Å²) in [5.41, 5.74) is 12.7. The Morgan fingerprint density at radius 1 is 1.18 bits per heavy atom. The molecule has 1 aliphatic carbocycles. The van der Waals surface area contributed by atoms with Crippen molar-refractivity contribution >= 4 is 17.5 Å². The van der Waals surface area contributed by atoms with Gasteiger partial charge in [-0.3, -0.25) is 9.59 Å². The standard InChI is InChI=1S/C26H31N5O2/c1-18-11-12-20-21(19-9-5-3-6-10-19)16-22(29-30-27)25(33)31(23(20)15-18)17-24(32)28-26(2)13-7-4-8-14-26/h3,5-6,9-12,15,21-22H,4,7-8,13-14,16-17H2,1-2H3,(H,28,32). The molecule has 1 aliphatic heterocycles. The maximum absolute atomic E-state index is 13.6. The third-order valence-electron chi connectivity index (χ3n) is 6.96. The molecule has 33 heavy (non-hydrogen) atoms. The van der Waals surface area contributed by atoms with E-state index < -0.39 is 6.04 Å². The molecule has 1 N–H and O–H groups in total. The van der Waals surface area contributed by atoms with Crippen LogP contribution >= 0.6 is 0 Å². The third kappa shape index (κ3) is 5.04. The molecule has 4 rings (SSSR count). The first-order valence-corrected chi connectivity index (χ1v) is 11.7. The molecule has 1 heterocycles. The zero-order chi connectivity index (χ0) is 23.4. The largest absolute Gasteiger partial charge is 0.349 e. The Labute approximate surface area is 194 Å². The quantitative estimate of drug-likeness (QED) is 0.380. The second kappa shape index (κ2) is 9.67. The van der Waals surface area contributed by atoms with E-state index in [4.69, 9.17) is 0 Å². The molecular formula is C26H31N5O2. The van der Waals surface area contributed by atoms with Crippen molar-refractivity contribution in [3.63, 3.8) is 0 Å². The number of anilines is 1. The lowest BCUT2D eigenvalue weighted by atomic mass is 9.83. The summed E-state index contributed by atoms with van der Waals surface area (Å²) < 4.78 is 0. The molecule has 2 aromatic rings. The number of amides is 2. The van der Waals surface area contributed by atoms with E-state index in [9.17, 15) is 15.1 Å². The maximum Gasteiger partial charge on any atom is 0.240 e. The molecule has 7 heteroatoms. The van der Waals surface area contributed by atoms with Crippen LogP contribution in [0.2, 0.25) is 0 Å². The van der Waals surface area contributed by atoms with Gasteiger partial charge in [0.1, 0.15) is 12.6 Å². The third-order valence-corrected chi connectivity index (χ3v) is 6.96. The molecule has 172 valence electrons. The minimum atomic E-state index is -0.883. The van der Waals surface area contributed by atoms with Crippen molar-refractivity contribution in [2.75, 3.05) is 11.4 Å². The maximum atomic E-state index is 13.6. The summed E-state index contributed by atoms with van der Waals surface area (Å²) in [6, 6.07) is 15.1. The summed E-state index contributed by atoms with van der Waals surface area (Å²) in [5.74, 6) is -0.634. The van der Waals surface area contributed by atoms with Crippen molar-refractivity contribution < 1.29 is 9.59 Å². The lowest BCUT2D eigenvalue weighted by molar-refractivity contribution is -0.125. The summed E-state index contributed by atoms with van der Waals surface area (Å²) in [6.45, 7) is 3.96. The highest BCUT2D eigenvalue weighted by atomic mass is 16.2. The molecule has 0 radical (unpaired) electrons. The predicted molar refractivity (Wildman–Crippen MR) is 129 cm³/mol. The normalized spacial score (nSPS) is 22.0. The van der Waals surface area contributed by atoms with Gasteiger partial charge in [0.15, 0.2) is 0 Å². The van der Waals surface area contributed by atoms with E-state index in [2.05, 4.69) is 22.3 Å². The van der Waals surface area contributed by atoms with Gasteiger partial charge in [-0.05, 0) is 61.4 Å². The number of nitrogens with zero attached hydrogens (tertiary/aromatic N) is 4. The van der Waals surface area contributed by atoms with Crippen LogP contribution in [0.15, 0.2) is 53.6 Å². The SMILES string of the molecule is Cc1ccc2c(c1)N(CC(=O)NC1(C)CCCCC1)C(=O)C(N=[N+]=[N-])CC2c1ccccc1. The Bertz CT molecular complexity index is 1070. The van der Waals surface area contributed by atoms with E-state index in [0.717, 1.165) is 42.4 Å². The molecule has 2 unspecified atom stereocenters. The fourth-order valence-corrected chi connectivity index (χ4v) is 5.23. The first-order valence-electron chi connectivity index (χ1n) is 11.7. The van der Waals surface area contributed by atoms with Crippen molar-refractivity contribution in [2.45, 2.75) is 69.9 Å². The average molecular weight is 446 g/mol. The van der Waals surface area contributed by atoms with Crippen molar-refractivity contribution in [1.29, 1.82) is 0 Å². The molecule has 2 atom stereocenters. The number of aryl methyl sites for hydroxylation is 1. The molecule has 1 fully saturated rings. The number of hydrogen-bond donors (Lipinski definition) is 1. The Kier molecular flexibility index (Phi) is 6.70. The van der Waals surface area contributed by atoms with Crippen LogP contribution in [0.3, 0.4) is 0 Å². The Morgan fingerprint density at radius 2 is 1.91 bits per heavy atom. The molecule has 2 amide bonds. The van der Waals surface area contributed by atoms with E-state index >= 15 is 0 Å². The van der Waals surface area contributed by atoms with Gasteiger partial charge in [0.2, 0.25) is 11.8 Å².